The van der Waals surface area contributed by atoms with Gasteiger partial charge in [-0.1, -0.05) is 24.3 Å². The van der Waals surface area contributed by atoms with Crippen LogP contribution < -0.4 is 20.9 Å². The maximum atomic E-state index is 16.3. The van der Waals surface area contributed by atoms with Gasteiger partial charge in [-0.3, -0.25) is 19.8 Å². The molecule has 0 unspecified atom stereocenters. The van der Waals surface area contributed by atoms with E-state index in [4.69, 9.17) is 15.5 Å². The number of ether oxygens (including phenoxy) is 1. The number of pyridine rings is 1. The number of aromatic nitrogens is 4. The number of halogens is 1. The highest BCUT2D eigenvalue weighted by molar-refractivity contribution is 6.06. The Bertz CT molecular complexity index is 2410. The number of imide groups is 1. The molecule has 3 aromatic heterocycles. The second-order valence-corrected chi connectivity index (χ2v) is 16.5. The second kappa shape index (κ2) is 16.1. The van der Waals surface area contributed by atoms with Crippen molar-refractivity contribution in [3.05, 3.63) is 90.3 Å². The van der Waals surface area contributed by atoms with Crippen molar-refractivity contribution in [1.82, 2.24) is 34.9 Å². The van der Waals surface area contributed by atoms with Crippen molar-refractivity contribution >= 4 is 46.1 Å². The molecule has 2 atom stereocenters. The molecular formula is C44H49FN10O5. The summed E-state index contributed by atoms with van der Waals surface area (Å²) < 4.78 is 24.7. The smallest absolute Gasteiger partial charge is 0.328 e. The number of rotatable bonds is 8. The van der Waals surface area contributed by atoms with Crippen LogP contribution in [-0.2, 0) is 9.53 Å². The number of likely N-dealkylation sites (tertiary alicyclic amines) is 2. The molecular weight excluding hydrogens is 768 g/mol. The third-order valence-electron chi connectivity index (χ3n) is 12.6. The number of carbonyl (C=O) groups excluding carboxylic acids is 3. The van der Waals surface area contributed by atoms with Crippen LogP contribution in [0.3, 0.4) is 0 Å². The number of piperidine rings is 2. The lowest BCUT2D eigenvalue weighted by Gasteiger charge is -2.41. The maximum Gasteiger partial charge on any atom is 0.328 e. The van der Waals surface area contributed by atoms with Crippen LogP contribution in [0.5, 0.6) is 5.75 Å². The molecule has 2 aromatic carbocycles. The highest BCUT2D eigenvalue weighted by Crippen LogP contribution is 2.37. The highest BCUT2D eigenvalue weighted by Gasteiger charge is 2.39. The Morgan fingerprint density at radius 3 is 2.52 bits per heavy atom. The third-order valence-corrected chi connectivity index (χ3v) is 12.6. The van der Waals surface area contributed by atoms with E-state index in [2.05, 4.69) is 36.8 Å². The molecule has 7 heterocycles. The van der Waals surface area contributed by atoms with Crippen molar-refractivity contribution in [2.24, 2.45) is 0 Å². The molecule has 0 saturated carbocycles. The van der Waals surface area contributed by atoms with E-state index in [1.54, 1.807) is 29.3 Å². The lowest BCUT2D eigenvalue weighted by Crippen LogP contribution is -2.51. The Balaban J connectivity index is 0.768. The van der Waals surface area contributed by atoms with Crippen LogP contribution in [0.1, 0.15) is 67.1 Å². The Morgan fingerprint density at radius 1 is 1.00 bits per heavy atom. The molecule has 4 aliphatic rings. The van der Waals surface area contributed by atoms with Crippen LogP contribution in [0.15, 0.2) is 79.1 Å². The number of anilines is 3. The first-order chi connectivity index (χ1) is 29.0. The molecule has 15 nitrogen and oxygen atoms in total. The van der Waals surface area contributed by atoms with E-state index in [0.717, 1.165) is 42.5 Å². The fraction of sp³-hybridized carbons (Fsp3) is 0.409. The Kier molecular flexibility index (Phi) is 10.6. The number of aromatic hydroxyl groups is 1. The van der Waals surface area contributed by atoms with Gasteiger partial charge in [0.2, 0.25) is 5.91 Å². The summed E-state index contributed by atoms with van der Waals surface area (Å²) in [4.78, 5) is 49.9. The van der Waals surface area contributed by atoms with Gasteiger partial charge >= 0.3 is 6.03 Å². The number of nitrogens with zero attached hydrogens (tertiary/aromatic N) is 8. The molecule has 16 heteroatoms. The van der Waals surface area contributed by atoms with E-state index in [-0.39, 0.29) is 60.8 Å². The SMILES string of the molecule is C[C@@H]1CO[C@H](c2ccc(C(=O)N3CCC(F)(CN4CCC(n5ccc6cc(N7CCC(=O)NC7=O)cnc65)CC4)CC3)cc2)CN1c1cc(-c2ccccc2O)nnc1N. The normalized spacial score (nSPS) is 21.7. The summed E-state index contributed by atoms with van der Waals surface area (Å²) in [6.45, 7) is 5.91. The number of phenolic OH excluding ortho intramolecular Hbond substituents is 1. The summed E-state index contributed by atoms with van der Waals surface area (Å²) in [5.41, 5.74) is 9.73. The largest absolute Gasteiger partial charge is 0.507 e. The zero-order chi connectivity index (χ0) is 41.5. The quantitative estimate of drug-likeness (QED) is 0.181. The first-order valence-electron chi connectivity index (χ1n) is 20.7. The highest BCUT2D eigenvalue weighted by atomic mass is 19.1. The molecule has 4 fully saturated rings. The number of nitrogens with two attached hydrogens (primary N) is 1. The molecule has 60 heavy (non-hydrogen) atoms. The van der Waals surface area contributed by atoms with Crippen molar-refractivity contribution in [2.45, 2.75) is 62.9 Å². The molecule has 0 bridgehead atoms. The number of alkyl halides is 1. The van der Waals surface area contributed by atoms with E-state index >= 15 is 4.39 Å². The molecule has 4 saturated heterocycles. The van der Waals surface area contributed by atoms with E-state index in [1.165, 1.54) is 4.90 Å². The van der Waals surface area contributed by atoms with Gasteiger partial charge in [0, 0.05) is 99.9 Å². The minimum atomic E-state index is -1.37. The molecule has 0 radical (unpaired) electrons. The van der Waals surface area contributed by atoms with Crippen molar-refractivity contribution in [3.63, 3.8) is 0 Å². The molecule has 4 amide bonds. The van der Waals surface area contributed by atoms with Gasteiger partial charge in [-0.15, -0.1) is 10.2 Å². The number of morpholine rings is 1. The number of fused-ring (bicyclic) bond motifs is 1. The Hall–Kier alpha value is -6.13. The minimum Gasteiger partial charge on any atom is -0.507 e. The number of benzene rings is 2. The van der Waals surface area contributed by atoms with Crippen molar-refractivity contribution < 1.29 is 28.6 Å². The summed E-state index contributed by atoms with van der Waals surface area (Å²) in [5, 5.41) is 22.1. The summed E-state index contributed by atoms with van der Waals surface area (Å²) in [6.07, 6.45) is 5.98. The Labute approximate surface area is 346 Å². The van der Waals surface area contributed by atoms with Crippen LogP contribution in [0.4, 0.5) is 26.4 Å². The van der Waals surface area contributed by atoms with Gasteiger partial charge < -0.3 is 34.8 Å². The van der Waals surface area contributed by atoms with Gasteiger partial charge in [-0.05, 0) is 67.8 Å². The fourth-order valence-electron chi connectivity index (χ4n) is 9.07. The molecule has 0 aliphatic carbocycles. The fourth-order valence-corrected chi connectivity index (χ4v) is 9.07. The van der Waals surface area contributed by atoms with E-state index in [0.29, 0.717) is 67.5 Å². The molecule has 4 aliphatic heterocycles. The van der Waals surface area contributed by atoms with Crippen LogP contribution >= 0.6 is 0 Å². The van der Waals surface area contributed by atoms with E-state index in [1.807, 2.05) is 54.7 Å². The standard InChI is InChI=1S/C44H49FN10O5/c1-28-26-60-38(25-55(28)36-23-35(49-50-40(36)46)34-4-2-3-5-37(34)56)29-6-8-30(9-7-29)42(58)52-20-14-44(45,15-21-52)27-51-16-11-32(12-17-51)53-18-10-31-22-33(24-47-41(31)53)54-19-13-39(57)48-43(54)59/h2-10,18,22-24,28,32,38,56H,11-17,19-21,25-27H2,1H3,(H2,46,50)(H,48,57,59)/t28-,38+/m1/s1. The number of urea groups is 1. The first kappa shape index (κ1) is 39.3. The molecule has 312 valence electrons. The van der Waals surface area contributed by atoms with Crippen molar-refractivity contribution in [1.29, 1.82) is 0 Å². The van der Waals surface area contributed by atoms with Crippen LogP contribution in [0.2, 0.25) is 0 Å². The van der Waals surface area contributed by atoms with Crippen LogP contribution in [-0.4, -0.2) is 117 Å². The molecule has 9 rings (SSSR count). The lowest BCUT2D eigenvalue weighted by molar-refractivity contribution is -0.120. The van der Waals surface area contributed by atoms with Gasteiger partial charge in [0.1, 0.15) is 23.2 Å². The number of para-hydroxylation sites is 1. The summed E-state index contributed by atoms with van der Waals surface area (Å²) in [6, 6.07) is 20.0. The molecule has 0 spiro atoms. The maximum absolute atomic E-state index is 16.3. The predicted octanol–water partition coefficient (Wildman–Crippen LogP) is 5.48. The zero-order valence-electron chi connectivity index (χ0n) is 33.5. The van der Waals surface area contributed by atoms with Gasteiger partial charge in [0.05, 0.1) is 29.9 Å². The zero-order valence-corrected chi connectivity index (χ0v) is 33.5. The van der Waals surface area contributed by atoms with Crippen LogP contribution in [0.25, 0.3) is 22.3 Å². The minimum absolute atomic E-state index is 0.00605. The number of nitrogens with one attached hydrogen (secondary N) is 1. The van der Waals surface area contributed by atoms with E-state index < -0.39 is 11.7 Å². The summed E-state index contributed by atoms with van der Waals surface area (Å²) in [5.74, 6) is 0.0178. The topological polar surface area (TPSA) is 175 Å². The predicted molar refractivity (Wildman–Crippen MR) is 224 cm³/mol. The average molecular weight is 817 g/mol. The first-order valence-corrected chi connectivity index (χ1v) is 20.7. The molecule has 5 aromatic rings. The van der Waals surface area contributed by atoms with E-state index in [9.17, 15) is 19.5 Å². The lowest BCUT2D eigenvalue weighted by atomic mass is 9.91. The molecule has 4 N–H and O–H groups in total. The van der Waals surface area contributed by atoms with Crippen molar-refractivity contribution in [2.75, 3.05) is 68.0 Å². The number of carbonyl (C=O) groups is 3. The number of hydrogen-bond donors (Lipinski definition) is 3. The Morgan fingerprint density at radius 2 is 1.77 bits per heavy atom. The van der Waals surface area contributed by atoms with Crippen molar-refractivity contribution in [3.8, 4) is 17.0 Å². The summed E-state index contributed by atoms with van der Waals surface area (Å²) >= 11 is 0. The van der Waals surface area contributed by atoms with Crippen LogP contribution in [0, 0.1) is 0 Å². The van der Waals surface area contributed by atoms with Gasteiger partial charge in [-0.2, -0.15) is 0 Å². The monoisotopic (exact) mass is 816 g/mol. The summed E-state index contributed by atoms with van der Waals surface area (Å²) in [7, 11) is 0. The number of amides is 4. The van der Waals surface area contributed by atoms with Gasteiger partial charge in [-0.25, -0.2) is 14.2 Å². The third kappa shape index (κ3) is 7.84. The number of nitrogen functional groups attached to an aromatic ring is 1. The second-order valence-electron chi connectivity index (χ2n) is 16.5. The van der Waals surface area contributed by atoms with Gasteiger partial charge in [0.15, 0.2) is 5.82 Å². The number of phenols is 1. The number of hydrogen-bond acceptors (Lipinski definition) is 11. The average Bonchev–Trinajstić information content (AvgIpc) is 3.68. The van der Waals surface area contributed by atoms with Gasteiger partial charge in [0.25, 0.3) is 5.91 Å².